The van der Waals surface area contributed by atoms with Crippen LogP contribution in [0.3, 0.4) is 0 Å². The van der Waals surface area contributed by atoms with Gasteiger partial charge in [-0.25, -0.2) is 9.59 Å². The normalized spacial score (nSPS) is 9.65. The van der Waals surface area contributed by atoms with E-state index in [1.807, 2.05) is 73.5 Å². The SMILES string of the molecule is O=C(O)C(F)(F)F.O=C(O)C(F)(F)F.[CH2][CH][CH]c1ccccc1.[CH2][CH][CH]c1ccccc1.[Pd].[Pd]. The first-order valence-electron chi connectivity index (χ1n) is 8.37. The summed E-state index contributed by atoms with van der Waals surface area (Å²) < 4.78 is 63.5. The molecule has 0 amide bonds. The van der Waals surface area contributed by atoms with Crippen molar-refractivity contribution in [3.8, 4) is 0 Å². The third kappa shape index (κ3) is 24.9. The summed E-state index contributed by atoms with van der Waals surface area (Å²) in [7, 11) is 0. The molecule has 4 nitrogen and oxygen atoms in total. The molecule has 0 spiro atoms. The van der Waals surface area contributed by atoms with Gasteiger partial charge < -0.3 is 10.2 Å². The summed E-state index contributed by atoms with van der Waals surface area (Å²) >= 11 is 0. The van der Waals surface area contributed by atoms with E-state index in [0.717, 1.165) is 0 Å². The summed E-state index contributed by atoms with van der Waals surface area (Å²) in [6, 6.07) is 20.2. The molecule has 2 N–H and O–H groups in total. The standard InChI is InChI=1S/2C9H9.2C2HF3O2.2Pd/c2*1-2-6-9-7-4-3-5-8-9;2*3-2(4,5)1(6)7;;/h2*2-8H,1H2;2*(H,6,7);;. The van der Waals surface area contributed by atoms with Gasteiger partial charge in [0.05, 0.1) is 0 Å². The monoisotopic (exact) mass is 674 g/mol. The maximum Gasteiger partial charge on any atom is 0.490 e. The van der Waals surface area contributed by atoms with Crippen molar-refractivity contribution in [3.05, 3.63) is 111 Å². The van der Waals surface area contributed by atoms with Crippen LogP contribution in [-0.2, 0) is 50.4 Å². The van der Waals surface area contributed by atoms with Crippen molar-refractivity contribution < 1.29 is 87.0 Å². The molecule has 0 aliphatic rings. The molecule has 0 aromatic heterocycles. The fourth-order valence-electron chi connectivity index (χ4n) is 1.40. The predicted octanol–water partition coefficient (Wildman–Crippen LogP) is 5.82. The van der Waals surface area contributed by atoms with Gasteiger partial charge in [-0.1, -0.05) is 60.7 Å². The molecule has 0 fully saturated rings. The summed E-state index contributed by atoms with van der Waals surface area (Å²) in [5.74, 6) is -5.51. The van der Waals surface area contributed by atoms with Gasteiger partial charge in [-0.3, -0.25) is 0 Å². The van der Waals surface area contributed by atoms with Gasteiger partial charge in [0.25, 0.3) is 0 Å². The van der Waals surface area contributed by atoms with Gasteiger partial charge in [0, 0.05) is 40.8 Å². The number of carbonyl (C=O) groups is 2. The van der Waals surface area contributed by atoms with E-state index in [1.54, 1.807) is 12.8 Å². The van der Waals surface area contributed by atoms with Crippen LogP contribution in [0.1, 0.15) is 11.1 Å². The van der Waals surface area contributed by atoms with Gasteiger partial charge >= 0.3 is 24.3 Å². The van der Waals surface area contributed by atoms with Crippen molar-refractivity contribution in [2.24, 2.45) is 0 Å². The molecule has 6 radical (unpaired) electrons. The van der Waals surface area contributed by atoms with E-state index >= 15 is 0 Å². The number of carboxylic acid groups (broad SMARTS) is 2. The smallest absolute Gasteiger partial charge is 0.475 e. The third-order valence-electron chi connectivity index (χ3n) is 2.70. The molecule has 0 saturated heterocycles. The molecule has 0 atom stereocenters. The molecule has 0 heterocycles. The average Bonchev–Trinajstić information content (AvgIpc) is 2.70. The van der Waals surface area contributed by atoms with Crippen LogP contribution in [0.4, 0.5) is 26.3 Å². The minimum atomic E-state index is -5.08. The van der Waals surface area contributed by atoms with Crippen molar-refractivity contribution in [2.75, 3.05) is 0 Å². The van der Waals surface area contributed by atoms with Crippen LogP contribution in [0.2, 0.25) is 0 Å². The first kappa shape index (κ1) is 39.5. The van der Waals surface area contributed by atoms with E-state index in [-0.39, 0.29) is 40.8 Å². The summed E-state index contributed by atoms with van der Waals surface area (Å²) in [5, 5.41) is 14.2. The van der Waals surface area contributed by atoms with Crippen LogP contribution in [0.5, 0.6) is 0 Å². The summed E-state index contributed by atoms with van der Waals surface area (Å²) in [6.07, 6.45) is -2.65. The minimum absolute atomic E-state index is 0. The molecule has 12 heteroatoms. The number of hydrogen-bond donors (Lipinski definition) is 2. The molecule has 194 valence electrons. The van der Waals surface area contributed by atoms with Crippen molar-refractivity contribution in [1.29, 1.82) is 0 Å². The van der Waals surface area contributed by atoms with E-state index in [1.165, 1.54) is 11.1 Å². The van der Waals surface area contributed by atoms with Crippen molar-refractivity contribution in [1.82, 2.24) is 0 Å². The molecule has 0 aliphatic heterocycles. The van der Waals surface area contributed by atoms with Crippen molar-refractivity contribution in [3.63, 3.8) is 0 Å². The van der Waals surface area contributed by atoms with Crippen LogP contribution in [0, 0.1) is 39.5 Å². The zero-order valence-electron chi connectivity index (χ0n) is 17.1. The van der Waals surface area contributed by atoms with Gasteiger partial charge in [-0.15, -0.1) is 0 Å². The Morgan fingerprint density at radius 1 is 0.618 bits per heavy atom. The third-order valence-corrected chi connectivity index (χ3v) is 2.70. The Hall–Kier alpha value is -1.72. The quantitative estimate of drug-likeness (QED) is 0.317. The molecule has 2 aromatic rings. The number of aliphatic carboxylic acids is 2. The Morgan fingerprint density at radius 2 is 0.824 bits per heavy atom. The Kier molecular flexibility index (Phi) is 25.3. The Balaban J connectivity index is -0.000000175. The molecule has 0 saturated carbocycles. The van der Waals surface area contributed by atoms with Crippen LogP contribution >= 0.6 is 0 Å². The van der Waals surface area contributed by atoms with Crippen LogP contribution in [-0.4, -0.2) is 34.5 Å². The maximum atomic E-state index is 10.6. The molecule has 0 unspecified atom stereocenters. The van der Waals surface area contributed by atoms with Gasteiger partial charge in [0.2, 0.25) is 0 Å². The number of halogens is 6. The molecular formula is C22H20F6O4Pd2. The fourth-order valence-corrected chi connectivity index (χ4v) is 1.40. The number of alkyl halides is 6. The number of benzene rings is 2. The second-order valence-corrected chi connectivity index (χ2v) is 5.23. The van der Waals surface area contributed by atoms with E-state index in [4.69, 9.17) is 19.8 Å². The Labute approximate surface area is 222 Å². The van der Waals surface area contributed by atoms with E-state index in [0.29, 0.717) is 0 Å². The van der Waals surface area contributed by atoms with Crippen molar-refractivity contribution >= 4 is 11.9 Å². The van der Waals surface area contributed by atoms with Crippen LogP contribution < -0.4 is 0 Å². The number of rotatable bonds is 4. The average molecular weight is 675 g/mol. The van der Waals surface area contributed by atoms with Crippen LogP contribution in [0.25, 0.3) is 0 Å². The Morgan fingerprint density at radius 3 is 0.971 bits per heavy atom. The van der Waals surface area contributed by atoms with E-state index in [2.05, 4.69) is 13.8 Å². The number of carboxylic acids is 2. The summed E-state index contributed by atoms with van der Waals surface area (Å²) in [5.41, 5.74) is 2.40. The second-order valence-electron chi connectivity index (χ2n) is 5.23. The zero-order valence-corrected chi connectivity index (χ0v) is 20.2. The minimum Gasteiger partial charge on any atom is -0.475 e. The van der Waals surface area contributed by atoms with E-state index < -0.39 is 24.3 Å². The summed E-state index contributed by atoms with van der Waals surface area (Å²) in [4.78, 5) is 17.8. The van der Waals surface area contributed by atoms with Gasteiger partial charge in [0.15, 0.2) is 0 Å². The van der Waals surface area contributed by atoms with Gasteiger partial charge in [-0.2, -0.15) is 26.3 Å². The molecule has 34 heavy (non-hydrogen) atoms. The van der Waals surface area contributed by atoms with Crippen molar-refractivity contribution in [2.45, 2.75) is 12.4 Å². The molecule has 2 rings (SSSR count). The molecule has 0 aliphatic carbocycles. The summed E-state index contributed by atoms with van der Waals surface area (Å²) in [6.45, 7) is 7.20. The largest absolute Gasteiger partial charge is 0.490 e. The van der Waals surface area contributed by atoms with E-state index in [9.17, 15) is 26.3 Å². The topological polar surface area (TPSA) is 74.6 Å². The molecular weight excluding hydrogens is 655 g/mol. The first-order valence-corrected chi connectivity index (χ1v) is 8.37. The Bertz CT molecular complexity index is 690. The first-order chi connectivity index (χ1) is 14.8. The molecule has 2 aromatic carbocycles. The number of hydrogen-bond acceptors (Lipinski definition) is 2. The van der Waals surface area contributed by atoms with Gasteiger partial charge in [-0.05, 0) is 50.7 Å². The predicted molar refractivity (Wildman–Crippen MR) is 106 cm³/mol. The second kappa shape index (κ2) is 21.8. The molecule has 0 bridgehead atoms. The van der Waals surface area contributed by atoms with Gasteiger partial charge in [0.1, 0.15) is 0 Å². The zero-order chi connectivity index (χ0) is 25.2. The maximum absolute atomic E-state index is 10.6. The fraction of sp³-hybridized carbons (Fsp3) is 0.0909. The van der Waals surface area contributed by atoms with Crippen LogP contribution in [0.15, 0.2) is 60.7 Å².